The van der Waals surface area contributed by atoms with E-state index < -0.39 is 0 Å². The lowest BCUT2D eigenvalue weighted by Crippen LogP contribution is -2.12. The molecule has 10 heteroatoms. The van der Waals surface area contributed by atoms with E-state index in [2.05, 4.69) is 22.2 Å². The number of hydrogen-bond acceptors (Lipinski definition) is 8. The predicted molar refractivity (Wildman–Crippen MR) is 134 cm³/mol. The molecule has 3 heterocycles. The van der Waals surface area contributed by atoms with Crippen LogP contribution in [0.3, 0.4) is 0 Å². The fourth-order valence-corrected chi connectivity index (χ4v) is 5.42. The van der Waals surface area contributed by atoms with Crippen LogP contribution in [0.5, 0.6) is 17.2 Å². The third kappa shape index (κ3) is 4.77. The van der Waals surface area contributed by atoms with Crippen LogP contribution in [0.1, 0.15) is 24.5 Å². The second-order valence-corrected chi connectivity index (χ2v) is 9.64. The van der Waals surface area contributed by atoms with Gasteiger partial charge < -0.3 is 14.2 Å². The number of fused-ring (bicyclic) bond motifs is 1. The van der Waals surface area contributed by atoms with Crippen molar-refractivity contribution in [2.75, 3.05) is 6.79 Å². The lowest BCUT2D eigenvalue weighted by atomic mass is 10.2. The zero-order valence-electron chi connectivity index (χ0n) is 18.3. The van der Waals surface area contributed by atoms with Crippen molar-refractivity contribution in [1.82, 2.24) is 19.7 Å². The Bertz CT molecular complexity index is 1320. The molecular formula is C24H21ClN4O3S2. The van der Waals surface area contributed by atoms with Crippen molar-refractivity contribution in [2.24, 2.45) is 0 Å². The van der Waals surface area contributed by atoms with Gasteiger partial charge in [-0.15, -0.1) is 28.1 Å². The minimum absolute atomic E-state index is 0.258. The minimum atomic E-state index is -0.335. The third-order valence-corrected chi connectivity index (χ3v) is 7.33. The summed E-state index contributed by atoms with van der Waals surface area (Å²) in [6.45, 7) is 6.64. The van der Waals surface area contributed by atoms with Crippen LogP contribution in [-0.2, 0) is 12.3 Å². The molecule has 34 heavy (non-hydrogen) atoms. The molecule has 0 amide bonds. The van der Waals surface area contributed by atoms with E-state index in [9.17, 15) is 0 Å². The first-order valence-corrected chi connectivity index (χ1v) is 12.8. The van der Waals surface area contributed by atoms with Crippen LogP contribution in [-0.4, -0.2) is 26.5 Å². The van der Waals surface area contributed by atoms with Crippen LogP contribution in [0.2, 0.25) is 5.02 Å². The number of rotatable bonds is 9. The standard InChI is InChI=1S/C24H21ClN4O3S2/c1-3-10-29-22(15(2)32-19-7-5-4-6-18(19)25)27-28-24(29)34-13-17-12-33-23(26-17)16-8-9-20-21(11-16)31-14-30-20/h3-9,11-12,15H,1,10,13-14H2,2H3/t15-/m0/s1. The fraction of sp³-hybridized carbons (Fsp3) is 0.208. The molecule has 0 saturated carbocycles. The summed E-state index contributed by atoms with van der Waals surface area (Å²) in [5, 5.41) is 13.1. The van der Waals surface area contributed by atoms with Crippen LogP contribution < -0.4 is 14.2 Å². The summed E-state index contributed by atoms with van der Waals surface area (Å²) in [5.41, 5.74) is 1.98. The molecule has 4 aromatic rings. The molecule has 0 radical (unpaired) electrons. The van der Waals surface area contributed by atoms with Crippen molar-refractivity contribution in [1.29, 1.82) is 0 Å². The average molecular weight is 513 g/mol. The van der Waals surface area contributed by atoms with Gasteiger partial charge in [0.15, 0.2) is 28.6 Å². The highest BCUT2D eigenvalue weighted by molar-refractivity contribution is 7.98. The quantitative estimate of drug-likeness (QED) is 0.190. The van der Waals surface area contributed by atoms with Crippen LogP contribution in [0.25, 0.3) is 10.6 Å². The van der Waals surface area contributed by atoms with E-state index in [-0.39, 0.29) is 12.9 Å². The van der Waals surface area contributed by atoms with Crippen molar-refractivity contribution in [3.8, 4) is 27.8 Å². The van der Waals surface area contributed by atoms with Gasteiger partial charge in [-0.25, -0.2) is 4.98 Å². The van der Waals surface area contributed by atoms with Crippen molar-refractivity contribution in [2.45, 2.75) is 30.5 Å². The molecule has 2 aromatic carbocycles. The number of thioether (sulfide) groups is 1. The number of halogens is 1. The first-order valence-electron chi connectivity index (χ1n) is 10.5. The first kappa shape index (κ1) is 22.8. The van der Waals surface area contributed by atoms with Crippen LogP contribution in [0, 0.1) is 0 Å². The number of ether oxygens (including phenoxy) is 3. The smallest absolute Gasteiger partial charge is 0.231 e. The zero-order chi connectivity index (χ0) is 23.5. The Kier molecular flexibility index (Phi) is 6.75. The number of para-hydroxylation sites is 1. The maximum Gasteiger partial charge on any atom is 0.231 e. The van der Waals surface area contributed by atoms with E-state index in [0.717, 1.165) is 32.9 Å². The van der Waals surface area contributed by atoms with Gasteiger partial charge in [0.25, 0.3) is 0 Å². The molecule has 2 aromatic heterocycles. The average Bonchev–Trinajstić information content (AvgIpc) is 3.59. The Balaban J connectivity index is 1.29. The van der Waals surface area contributed by atoms with Gasteiger partial charge in [-0.2, -0.15) is 0 Å². The van der Waals surface area contributed by atoms with Gasteiger partial charge in [0.1, 0.15) is 10.8 Å². The van der Waals surface area contributed by atoms with Crippen molar-refractivity contribution < 1.29 is 14.2 Å². The molecule has 174 valence electrons. The van der Waals surface area contributed by atoms with Crippen molar-refractivity contribution in [3.63, 3.8) is 0 Å². The summed E-state index contributed by atoms with van der Waals surface area (Å²) < 4.78 is 18.9. The molecule has 1 aliphatic rings. The Labute approximate surface area is 210 Å². The van der Waals surface area contributed by atoms with Gasteiger partial charge in [0.2, 0.25) is 6.79 Å². The SMILES string of the molecule is C=CCn1c(SCc2csc(-c3ccc4c(c3)OCO4)n2)nnc1[C@H](C)Oc1ccccc1Cl. The molecule has 0 saturated heterocycles. The molecule has 1 atom stereocenters. The van der Waals surface area contributed by atoms with E-state index in [1.165, 1.54) is 0 Å². The maximum atomic E-state index is 6.25. The van der Waals surface area contributed by atoms with E-state index in [1.54, 1.807) is 29.2 Å². The third-order valence-electron chi connectivity index (χ3n) is 5.08. The molecule has 0 bridgehead atoms. The molecule has 0 aliphatic carbocycles. The zero-order valence-corrected chi connectivity index (χ0v) is 20.7. The molecule has 1 aliphatic heterocycles. The van der Waals surface area contributed by atoms with Gasteiger partial charge in [-0.3, -0.25) is 4.57 Å². The summed E-state index contributed by atoms with van der Waals surface area (Å²) in [7, 11) is 0. The highest BCUT2D eigenvalue weighted by Crippen LogP contribution is 2.37. The summed E-state index contributed by atoms with van der Waals surface area (Å²) in [6, 6.07) is 13.3. The van der Waals surface area contributed by atoms with E-state index >= 15 is 0 Å². The normalized spacial score (nSPS) is 13.1. The van der Waals surface area contributed by atoms with Crippen LogP contribution in [0.4, 0.5) is 0 Å². The van der Waals surface area contributed by atoms with Crippen LogP contribution in [0.15, 0.2) is 65.7 Å². The molecule has 7 nitrogen and oxygen atoms in total. The second-order valence-electron chi connectivity index (χ2n) is 7.43. The summed E-state index contributed by atoms with van der Waals surface area (Å²) >= 11 is 9.42. The maximum absolute atomic E-state index is 6.25. The van der Waals surface area contributed by atoms with Gasteiger partial charge in [0, 0.05) is 23.2 Å². The number of allylic oxidation sites excluding steroid dienone is 1. The topological polar surface area (TPSA) is 71.3 Å². The summed E-state index contributed by atoms with van der Waals surface area (Å²) in [6.07, 6.45) is 1.48. The van der Waals surface area contributed by atoms with Gasteiger partial charge >= 0.3 is 0 Å². The van der Waals surface area contributed by atoms with E-state index in [1.807, 2.05) is 54.0 Å². The highest BCUT2D eigenvalue weighted by atomic mass is 35.5. The summed E-state index contributed by atoms with van der Waals surface area (Å²) in [5.74, 6) is 3.50. The minimum Gasteiger partial charge on any atom is -0.481 e. The van der Waals surface area contributed by atoms with Crippen LogP contribution >= 0.6 is 34.7 Å². The number of benzene rings is 2. The Morgan fingerprint density at radius 1 is 1.24 bits per heavy atom. The fourth-order valence-electron chi connectivity index (χ4n) is 3.47. The molecular weight excluding hydrogens is 492 g/mol. The number of thiazole rings is 1. The number of nitrogens with zero attached hydrogens (tertiary/aromatic N) is 4. The van der Waals surface area contributed by atoms with Gasteiger partial charge in [-0.1, -0.05) is 41.6 Å². The van der Waals surface area contributed by atoms with Crippen molar-refractivity contribution >= 4 is 34.7 Å². The Morgan fingerprint density at radius 3 is 2.94 bits per heavy atom. The monoisotopic (exact) mass is 512 g/mol. The molecule has 0 fully saturated rings. The molecule has 0 unspecified atom stereocenters. The van der Waals surface area contributed by atoms with Gasteiger partial charge in [0.05, 0.1) is 10.7 Å². The van der Waals surface area contributed by atoms with Crippen molar-refractivity contribution in [3.05, 3.63) is 77.0 Å². The molecule has 0 N–H and O–H groups in total. The lowest BCUT2D eigenvalue weighted by Gasteiger charge is -2.16. The van der Waals surface area contributed by atoms with Gasteiger partial charge in [-0.05, 0) is 37.3 Å². The second kappa shape index (κ2) is 10.1. The number of hydrogen-bond donors (Lipinski definition) is 0. The highest BCUT2D eigenvalue weighted by Gasteiger charge is 2.20. The molecule has 0 spiro atoms. The van der Waals surface area contributed by atoms with E-state index in [4.69, 9.17) is 30.8 Å². The lowest BCUT2D eigenvalue weighted by molar-refractivity contribution is 0.174. The Hall–Kier alpha value is -3.01. The molecule has 5 rings (SSSR count). The summed E-state index contributed by atoms with van der Waals surface area (Å²) in [4.78, 5) is 4.79. The Morgan fingerprint density at radius 2 is 2.09 bits per heavy atom. The largest absolute Gasteiger partial charge is 0.481 e. The number of aromatic nitrogens is 4. The predicted octanol–water partition coefficient (Wildman–Crippen LogP) is 6.40. The van der Waals surface area contributed by atoms with E-state index in [0.29, 0.717) is 28.9 Å². The first-order chi connectivity index (χ1) is 16.6.